The summed E-state index contributed by atoms with van der Waals surface area (Å²) in [5.41, 5.74) is 3.99. The minimum absolute atomic E-state index is 0.000982. The Morgan fingerprint density at radius 3 is 2.16 bits per heavy atom. The van der Waals surface area contributed by atoms with Crippen LogP contribution >= 0.6 is 0 Å². The van der Waals surface area contributed by atoms with Gasteiger partial charge < -0.3 is 14.4 Å². The SMILES string of the molecule is Cc1ccc(C)n1-c1ccc(C(=O)N2CCCC2C(=O)N(C)C)cc1. The van der Waals surface area contributed by atoms with Crippen molar-refractivity contribution in [2.24, 2.45) is 0 Å². The zero-order valence-electron chi connectivity index (χ0n) is 15.3. The van der Waals surface area contributed by atoms with E-state index >= 15 is 0 Å². The molecule has 25 heavy (non-hydrogen) atoms. The topological polar surface area (TPSA) is 45.6 Å². The van der Waals surface area contributed by atoms with E-state index in [1.54, 1.807) is 23.9 Å². The molecule has 1 aromatic carbocycles. The van der Waals surface area contributed by atoms with Gasteiger partial charge in [0.1, 0.15) is 6.04 Å². The highest BCUT2D eigenvalue weighted by atomic mass is 16.2. The van der Waals surface area contributed by atoms with E-state index < -0.39 is 0 Å². The number of rotatable bonds is 3. The van der Waals surface area contributed by atoms with Crippen LogP contribution in [-0.4, -0.2) is 52.9 Å². The van der Waals surface area contributed by atoms with Crippen molar-refractivity contribution in [3.05, 3.63) is 53.3 Å². The fraction of sp³-hybridized carbons (Fsp3) is 0.400. The number of likely N-dealkylation sites (tertiary alicyclic amines) is 1. The molecule has 1 aliphatic rings. The van der Waals surface area contributed by atoms with E-state index in [-0.39, 0.29) is 17.9 Å². The van der Waals surface area contributed by atoms with Crippen LogP contribution in [-0.2, 0) is 4.79 Å². The normalized spacial score (nSPS) is 17.0. The minimum Gasteiger partial charge on any atom is -0.347 e. The van der Waals surface area contributed by atoms with Crippen LogP contribution in [0.5, 0.6) is 0 Å². The number of carbonyl (C=O) groups excluding carboxylic acids is 2. The molecule has 2 amide bonds. The van der Waals surface area contributed by atoms with Gasteiger partial charge >= 0.3 is 0 Å². The molecule has 0 N–H and O–H groups in total. The first-order chi connectivity index (χ1) is 11.9. The Labute approximate surface area is 148 Å². The Balaban J connectivity index is 1.82. The number of hydrogen-bond donors (Lipinski definition) is 0. The zero-order chi connectivity index (χ0) is 18.1. The summed E-state index contributed by atoms with van der Waals surface area (Å²) in [5.74, 6) is -0.0636. The third-order valence-electron chi connectivity index (χ3n) is 4.88. The molecule has 5 nitrogen and oxygen atoms in total. The largest absolute Gasteiger partial charge is 0.347 e. The number of carbonyl (C=O) groups is 2. The average Bonchev–Trinajstić information content (AvgIpc) is 3.20. The molecule has 2 heterocycles. The van der Waals surface area contributed by atoms with E-state index in [1.807, 2.05) is 24.3 Å². The lowest BCUT2D eigenvalue weighted by Crippen LogP contribution is -2.45. The number of nitrogens with zero attached hydrogens (tertiary/aromatic N) is 3. The number of likely N-dealkylation sites (N-methyl/N-ethyl adjacent to an activating group) is 1. The Bertz CT molecular complexity index is 770. The monoisotopic (exact) mass is 339 g/mol. The summed E-state index contributed by atoms with van der Waals surface area (Å²) >= 11 is 0. The van der Waals surface area contributed by atoms with E-state index in [0.717, 1.165) is 29.9 Å². The van der Waals surface area contributed by atoms with Crippen molar-refractivity contribution in [1.29, 1.82) is 0 Å². The summed E-state index contributed by atoms with van der Waals surface area (Å²) in [4.78, 5) is 28.4. The summed E-state index contributed by atoms with van der Waals surface area (Å²) < 4.78 is 2.16. The molecule has 1 aromatic heterocycles. The fourth-order valence-corrected chi connectivity index (χ4v) is 3.56. The first kappa shape index (κ1) is 17.3. The molecule has 1 atom stereocenters. The summed E-state index contributed by atoms with van der Waals surface area (Å²) in [6.07, 6.45) is 1.61. The Hall–Kier alpha value is -2.56. The quantitative estimate of drug-likeness (QED) is 0.863. The molecule has 0 saturated carbocycles. The van der Waals surface area contributed by atoms with Gasteiger partial charge in [-0.15, -0.1) is 0 Å². The van der Waals surface area contributed by atoms with Crippen LogP contribution in [0.3, 0.4) is 0 Å². The third-order valence-corrected chi connectivity index (χ3v) is 4.88. The van der Waals surface area contributed by atoms with Gasteiger partial charge in [0.25, 0.3) is 5.91 Å². The molecule has 2 aromatic rings. The maximum atomic E-state index is 12.9. The van der Waals surface area contributed by atoms with Gasteiger partial charge in [0, 0.05) is 43.3 Å². The minimum atomic E-state index is -0.337. The molecule has 1 aliphatic heterocycles. The molecule has 1 fully saturated rings. The number of amides is 2. The predicted octanol–water partition coefficient (Wildman–Crippen LogP) is 2.79. The van der Waals surface area contributed by atoms with E-state index in [1.165, 1.54) is 0 Å². The van der Waals surface area contributed by atoms with Crippen molar-refractivity contribution in [2.45, 2.75) is 32.7 Å². The van der Waals surface area contributed by atoms with Gasteiger partial charge in [-0.25, -0.2) is 0 Å². The van der Waals surface area contributed by atoms with Crippen molar-refractivity contribution < 1.29 is 9.59 Å². The standard InChI is InChI=1S/C20H25N3O2/c1-14-7-8-15(2)23(14)17-11-9-16(10-12-17)19(24)22-13-5-6-18(22)20(25)21(3)4/h7-12,18H,5-6,13H2,1-4H3. The lowest BCUT2D eigenvalue weighted by molar-refractivity contribution is -0.132. The van der Waals surface area contributed by atoms with Crippen LogP contribution in [0.4, 0.5) is 0 Å². The summed E-state index contributed by atoms with van der Waals surface area (Å²) in [5, 5.41) is 0. The van der Waals surface area contributed by atoms with E-state index in [9.17, 15) is 9.59 Å². The molecule has 3 rings (SSSR count). The van der Waals surface area contributed by atoms with Crippen LogP contribution < -0.4 is 0 Å². The summed E-state index contributed by atoms with van der Waals surface area (Å²) in [6.45, 7) is 4.77. The average molecular weight is 339 g/mol. The summed E-state index contributed by atoms with van der Waals surface area (Å²) in [6, 6.07) is 11.5. The molecule has 0 bridgehead atoms. The smallest absolute Gasteiger partial charge is 0.254 e. The van der Waals surface area contributed by atoms with E-state index in [0.29, 0.717) is 12.1 Å². The lowest BCUT2D eigenvalue weighted by atomic mass is 10.1. The Kier molecular flexibility index (Phi) is 4.66. The van der Waals surface area contributed by atoms with Crippen molar-refractivity contribution in [3.63, 3.8) is 0 Å². The third kappa shape index (κ3) is 3.18. The highest BCUT2D eigenvalue weighted by Crippen LogP contribution is 2.23. The molecule has 132 valence electrons. The molecule has 1 saturated heterocycles. The van der Waals surface area contributed by atoms with Crippen LogP contribution in [0.2, 0.25) is 0 Å². The Morgan fingerprint density at radius 1 is 1.00 bits per heavy atom. The highest BCUT2D eigenvalue weighted by molar-refractivity contribution is 5.98. The second-order valence-corrected chi connectivity index (χ2v) is 6.89. The maximum Gasteiger partial charge on any atom is 0.254 e. The van der Waals surface area contributed by atoms with Gasteiger partial charge in [-0.05, 0) is 63.1 Å². The van der Waals surface area contributed by atoms with Gasteiger partial charge in [0.15, 0.2) is 0 Å². The van der Waals surface area contributed by atoms with Gasteiger partial charge in [-0.3, -0.25) is 9.59 Å². The van der Waals surface area contributed by atoms with Crippen molar-refractivity contribution in [1.82, 2.24) is 14.4 Å². The zero-order valence-corrected chi connectivity index (χ0v) is 15.3. The summed E-state index contributed by atoms with van der Waals surface area (Å²) in [7, 11) is 3.47. The molecule has 0 spiro atoms. The fourth-order valence-electron chi connectivity index (χ4n) is 3.56. The molecule has 1 unspecified atom stereocenters. The number of benzene rings is 1. The second kappa shape index (κ2) is 6.75. The van der Waals surface area contributed by atoms with Gasteiger partial charge in [0.05, 0.1) is 0 Å². The van der Waals surface area contributed by atoms with Crippen LogP contribution in [0.15, 0.2) is 36.4 Å². The number of aryl methyl sites for hydroxylation is 2. The number of aromatic nitrogens is 1. The molecule has 5 heteroatoms. The molecular weight excluding hydrogens is 314 g/mol. The van der Waals surface area contributed by atoms with E-state index in [4.69, 9.17) is 0 Å². The highest BCUT2D eigenvalue weighted by Gasteiger charge is 2.35. The predicted molar refractivity (Wildman–Crippen MR) is 98.0 cm³/mol. The first-order valence-electron chi connectivity index (χ1n) is 8.67. The Morgan fingerprint density at radius 2 is 1.60 bits per heavy atom. The molecular formula is C20H25N3O2. The van der Waals surface area contributed by atoms with E-state index in [2.05, 4.69) is 30.5 Å². The van der Waals surface area contributed by atoms with Crippen molar-refractivity contribution in [2.75, 3.05) is 20.6 Å². The first-order valence-corrected chi connectivity index (χ1v) is 8.67. The van der Waals surface area contributed by atoms with Gasteiger partial charge in [-0.2, -0.15) is 0 Å². The molecule has 0 radical (unpaired) electrons. The van der Waals surface area contributed by atoms with Crippen molar-refractivity contribution in [3.8, 4) is 5.69 Å². The van der Waals surface area contributed by atoms with Crippen LogP contribution in [0.25, 0.3) is 5.69 Å². The maximum absolute atomic E-state index is 12.9. The second-order valence-electron chi connectivity index (χ2n) is 6.89. The van der Waals surface area contributed by atoms with Gasteiger partial charge in [0.2, 0.25) is 5.91 Å². The van der Waals surface area contributed by atoms with Crippen LogP contribution in [0.1, 0.15) is 34.6 Å². The van der Waals surface area contributed by atoms with Crippen molar-refractivity contribution >= 4 is 11.8 Å². The molecule has 0 aliphatic carbocycles. The number of hydrogen-bond acceptors (Lipinski definition) is 2. The van der Waals surface area contributed by atoms with Crippen LogP contribution in [0, 0.1) is 13.8 Å². The van der Waals surface area contributed by atoms with Gasteiger partial charge in [-0.1, -0.05) is 0 Å². The lowest BCUT2D eigenvalue weighted by Gasteiger charge is -2.26.